The average Bonchev–Trinajstić information content (AvgIpc) is 2.50. The molecule has 0 unspecified atom stereocenters. The zero-order valence-electron chi connectivity index (χ0n) is 16.6. The molecule has 0 saturated carbocycles. The first kappa shape index (κ1) is 21.4. The third-order valence-electron chi connectivity index (χ3n) is 4.36. The van der Waals surface area contributed by atoms with E-state index in [1.807, 2.05) is 4.90 Å². The van der Waals surface area contributed by atoms with Crippen molar-refractivity contribution < 1.29 is 26.0 Å². The second kappa shape index (κ2) is 7.63. The van der Waals surface area contributed by atoms with E-state index in [-0.39, 0.29) is 16.9 Å². The molecule has 1 saturated heterocycles. The summed E-state index contributed by atoms with van der Waals surface area (Å²) in [5, 5.41) is 3.24. The monoisotopic (exact) mass is 402 g/mol. The maximum absolute atomic E-state index is 13.3. The summed E-state index contributed by atoms with van der Waals surface area (Å²) in [7, 11) is -5.24. The number of piperazine rings is 1. The van der Waals surface area contributed by atoms with Gasteiger partial charge in [0, 0.05) is 43.0 Å². The van der Waals surface area contributed by atoms with E-state index in [0.717, 1.165) is 13.1 Å². The summed E-state index contributed by atoms with van der Waals surface area (Å²) in [6.45, 7) is 13.0. The van der Waals surface area contributed by atoms with Crippen LogP contribution in [-0.2, 0) is 15.2 Å². The van der Waals surface area contributed by atoms with Gasteiger partial charge in [-0.3, -0.25) is 0 Å². The van der Waals surface area contributed by atoms with Crippen LogP contribution in [0, 0.1) is 20.8 Å². The number of nitrogens with zero attached hydrogens (tertiary/aromatic N) is 1. The minimum absolute atomic E-state index is 0.169. The van der Waals surface area contributed by atoms with Crippen molar-refractivity contribution in [1.29, 1.82) is 0 Å². The Morgan fingerprint density at radius 3 is 2.11 bits per heavy atom. The number of benzene rings is 1. The lowest BCUT2D eigenvalue weighted by Crippen LogP contribution is -2.44. The SMILES string of the molecule is Cc1c(OS(=O)(=O)F)c(C)c(N2CCNCC2)c(C)c1C(=O)OC(C)(C)C. The van der Waals surface area contributed by atoms with Crippen LogP contribution in [0.1, 0.15) is 47.8 Å². The molecular formula is C18H27FN2O5S. The van der Waals surface area contributed by atoms with Crippen LogP contribution in [0.4, 0.5) is 9.57 Å². The zero-order valence-corrected chi connectivity index (χ0v) is 17.4. The van der Waals surface area contributed by atoms with Crippen LogP contribution in [0.25, 0.3) is 0 Å². The van der Waals surface area contributed by atoms with Gasteiger partial charge in [-0.25, -0.2) is 4.79 Å². The number of nitrogens with one attached hydrogen (secondary N) is 1. The number of ether oxygens (including phenoxy) is 1. The Balaban J connectivity index is 2.70. The molecular weight excluding hydrogens is 375 g/mol. The maximum Gasteiger partial charge on any atom is 0.488 e. The number of rotatable bonds is 4. The molecule has 1 aromatic carbocycles. The van der Waals surface area contributed by atoms with Crippen molar-refractivity contribution in [3.05, 3.63) is 22.3 Å². The summed E-state index contributed by atoms with van der Waals surface area (Å²) in [6.07, 6.45) is 0. The second-order valence-electron chi connectivity index (χ2n) is 7.64. The summed E-state index contributed by atoms with van der Waals surface area (Å²) >= 11 is 0. The number of halogens is 1. The van der Waals surface area contributed by atoms with Crippen molar-refractivity contribution in [2.75, 3.05) is 31.1 Å². The van der Waals surface area contributed by atoms with Crippen molar-refractivity contribution in [2.45, 2.75) is 47.1 Å². The Labute approximate surface area is 160 Å². The smallest absolute Gasteiger partial charge is 0.456 e. The van der Waals surface area contributed by atoms with E-state index < -0.39 is 22.1 Å². The lowest BCUT2D eigenvalue weighted by molar-refractivity contribution is 0.00675. The molecule has 152 valence electrons. The molecule has 0 atom stereocenters. The van der Waals surface area contributed by atoms with Crippen LogP contribution < -0.4 is 14.4 Å². The molecule has 0 radical (unpaired) electrons. The Kier molecular flexibility index (Phi) is 6.06. The summed E-state index contributed by atoms with van der Waals surface area (Å²) < 4.78 is 45.8. The average molecular weight is 402 g/mol. The van der Waals surface area contributed by atoms with Gasteiger partial charge in [-0.2, -0.15) is 8.42 Å². The van der Waals surface area contributed by atoms with Crippen molar-refractivity contribution in [2.24, 2.45) is 0 Å². The van der Waals surface area contributed by atoms with Gasteiger partial charge in [0.2, 0.25) is 0 Å². The molecule has 1 aliphatic rings. The molecule has 0 amide bonds. The maximum atomic E-state index is 13.3. The molecule has 0 aromatic heterocycles. The number of carbonyl (C=O) groups excluding carboxylic acids is 1. The predicted molar refractivity (Wildman–Crippen MR) is 102 cm³/mol. The highest BCUT2D eigenvalue weighted by molar-refractivity contribution is 7.81. The summed E-state index contributed by atoms with van der Waals surface area (Å²) in [5.41, 5.74) is 1.50. The topological polar surface area (TPSA) is 84.9 Å². The van der Waals surface area contributed by atoms with Gasteiger partial charge in [-0.15, -0.1) is 0 Å². The van der Waals surface area contributed by atoms with Crippen molar-refractivity contribution in [1.82, 2.24) is 5.32 Å². The molecule has 1 fully saturated rings. The molecule has 27 heavy (non-hydrogen) atoms. The number of carbonyl (C=O) groups is 1. The Morgan fingerprint density at radius 2 is 1.63 bits per heavy atom. The van der Waals surface area contributed by atoms with Gasteiger partial charge in [-0.1, -0.05) is 3.89 Å². The number of anilines is 1. The summed E-state index contributed by atoms with van der Waals surface area (Å²) in [4.78, 5) is 14.8. The fourth-order valence-electron chi connectivity index (χ4n) is 3.41. The summed E-state index contributed by atoms with van der Waals surface area (Å²) in [5.74, 6) is -0.771. The quantitative estimate of drug-likeness (QED) is 0.612. The van der Waals surface area contributed by atoms with Crippen LogP contribution in [0.3, 0.4) is 0 Å². The van der Waals surface area contributed by atoms with Crippen LogP contribution >= 0.6 is 0 Å². The van der Waals surface area contributed by atoms with Gasteiger partial charge < -0.3 is 19.1 Å². The van der Waals surface area contributed by atoms with E-state index in [0.29, 0.717) is 29.9 Å². The molecule has 1 aromatic rings. The molecule has 0 bridgehead atoms. The highest BCUT2D eigenvalue weighted by atomic mass is 32.3. The molecule has 1 heterocycles. The molecule has 1 aliphatic heterocycles. The number of hydrogen-bond acceptors (Lipinski definition) is 7. The van der Waals surface area contributed by atoms with E-state index in [1.54, 1.807) is 34.6 Å². The minimum Gasteiger partial charge on any atom is -0.456 e. The van der Waals surface area contributed by atoms with E-state index >= 15 is 0 Å². The molecule has 0 aliphatic carbocycles. The van der Waals surface area contributed by atoms with Gasteiger partial charge in [0.25, 0.3) is 0 Å². The van der Waals surface area contributed by atoms with E-state index in [2.05, 4.69) is 9.50 Å². The third kappa shape index (κ3) is 5.10. The van der Waals surface area contributed by atoms with Gasteiger partial charge >= 0.3 is 16.5 Å². The highest BCUT2D eigenvalue weighted by Gasteiger charge is 2.30. The van der Waals surface area contributed by atoms with Gasteiger partial charge in [0.1, 0.15) is 5.60 Å². The van der Waals surface area contributed by atoms with Crippen molar-refractivity contribution in [3.63, 3.8) is 0 Å². The zero-order chi connectivity index (χ0) is 20.6. The molecule has 2 rings (SSSR count). The number of hydrogen-bond donors (Lipinski definition) is 1. The molecule has 7 nitrogen and oxygen atoms in total. The predicted octanol–water partition coefficient (Wildman–Crippen LogP) is 2.57. The molecule has 9 heteroatoms. The molecule has 1 N–H and O–H groups in total. The van der Waals surface area contributed by atoms with E-state index in [1.165, 1.54) is 6.92 Å². The largest absolute Gasteiger partial charge is 0.488 e. The second-order valence-corrected chi connectivity index (χ2v) is 8.60. The Bertz CT molecular complexity index is 841. The van der Waals surface area contributed by atoms with Crippen molar-refractivity contribution in [3.8, 4) is 5.75 Å². The van der Waals surface area contributed by atoms with Crippen LogP contribution in [0.5, 0.6) is 5.75 Å². The third-order valence-corrected chi connectivity index (χ3v) is 4.73. The van der Waals surface area contributed by atoms with E-state index in [4.69, 9.17) is 4.74 Å². The van der Waals surface area contributed by atoms with Crippen LogP contribution in [0.2, 0.25) is 0 Å². The lowest BCUT2D eigenvalue weighted by Gasteiger charge is -2.34. The van der Waals surface area contributed by atoms with Crippen molar-refractivity contribution >= 4 is 22.2 Å². The Hall–Kier alpha value is -1.87. The standard InChI is InChI=1S/C18H27FN2O5S/c1-11-14(17(22)25-18(4,5)6)12(2)16(26-27(19,23)24)13(3)15(11)21-9-7-20-8-10-21/h20H,7-10H2,1-6H3. The van der Waals surface area contributed by atoms with E-state index in [9.17, 15) is 17.1 Å². The fourth-order valence-corrected chi connectivity index (χ4v) is 3.85. The van der Waals surface area contributed by atoms with Gasteiger partial charge in [0.05, 0.1) is 5.56 Å². The van der Waals surface area contributed by atoms with Gasteiger partial charge in [0.15, 0.2) is 5.75 Å². The lowest BCUT2D eigenvalue weighted by atomic mass is 9.94. The first-order chi connectivity index (χ1) is 12.3. The van der Waals surface area contributed by atoms with Crippen LogP contribution in [-0.4, -0.2) is 46.2 Å². The van der Waals surface area contributed by atoms with Crippen LogP contribution in [0.15, 0.2) is 0 Å². The Morgan fingerprint density at radius 1 is 1.07 bits per heavy atom. The summed E-state index contributed by atoms with van der Waals surface area (Å²) in [6, 6.07) is 0. The minimum atomic E-state index is -5.24. The number of esters is 1. The fraction of sp³-hybridized carbons (Fsp3) is 0.611. The molecule has 0 spiro atoms. The van der Waals surface area contributed by atoms with Gasteiger partial charge in [-0.05, 0) is 47.1 Å². The normalized spacial score (nSPS) is 15.6. The first-order valence-electron chi connectivity index (χ1n) is 8.78. The highest BCUT2D eigenvalue weighted by Crippen LogP contribution is 2.40. The first-order valence-corrected chi connectivity index (χ1v) is 10.1.